The minimum atomic E-state index is 0.446. The number of para-hydroxylation sites is 2. The predicted octanol–water partition coefficient (Wildman–Crippen LogP) is 15.3. The van der Waals surface area contributed by atoms with Crippen molar-refractivity contribution in [1.82, 2.24) is 19.9 Å². The lowest BCUT2D eigenvalue weighted by Gasteiger charge is -2.27. The van der Waals surface area contributed by atoms with Gasteiger partial charge in [-0.3, -0.25) is 5.41 Å². The molecule has 9 aromatic carbocycles. The van der Waals surface area contributed by atoms with Gasteiger partial charge in [0.25, 0.3) is 0 Å². The number of hydrogen-bond acceptors (Lipinski definition) is 4. The average molecular weight is 870 g/mol. The van der Waals surface area contributed by atoms with Crippen LogP contribution in [0.2, 0.25) is 0 Å². The Morgan fingerprint density at radius 1 is 0.412 bits per heavy atom. The summed E-state index contributed by atoms with van der Waals surface area (Å²) in [4.78, 5) is 10.4. The highest BCUT2D eigenvalue weighted by Gasteiger charge is 2.25. The lowest BCUT2D eigenvalue weighted by molar-refractivity contribution is 1.17. The number of benzene rings is 9. The third-order valence-electron chi connectivity index (χ3n) is 12.8. The second kappa shape index (κ2) is 17.3. The molecular formula is C63H43N5. The van der Waals surface area contributed by atoms with Crippen molar-refractivity contribution >= 4 is 50.6 Å². The number of aromatic nitrogens is 3. The zero-order valence-electron chi connectivity index (χ0n) is 37.0. The Labute approximate surface area is 395 Å². The number of allylic oxidation sites excluding steroid dienone is 1. The van der Waals surface area contributed by atoms with Crippen LogP contribution < -0.4 is 5.32 Å². The van der Waals surface area contributed by atoms with Crippen molar-refractivity contribution in [2.75, 3.05) is 0 Å². The summed E-state index contributed by atoms with van der Waals surface area (Å²) in [5.74, 6) is 0.667. The van der Waals surface area contributed by atoms with Gasteiger partial charge >= 0.3 is 0 Å². The molecule has 12 rings (SSSR count). The van der Waals surface area contributed by atoms with E-state index in [1.165, 1.54) is 21.8 Å². The van der Waals surface area contributed by atoms with E-state index < -0.39 is 0 Å². The molecule has 0 atom stereocenters. The van der Waals surface area contributed by atoms with E-state index in [1.807, 2.05) is 72.8 Å². The third-order valence-corrected chi connectivity index (χ3v) is 12.8. The Balaban J connectivity index is 0.971. The van der Waals surface area contributed by atoms with Crippen molar-refractivity contribution in [3.8, 4) is 50.7 Å². The first-order chi connectivity index (χ1) is 33.6. The molecule has 5 heteroatoms. The van der Waals surface area contributed by atoms with E-state index in [2.05, 4.69) is 186 Å². The molecule has 0 fully saturated rings. The molecule has 2 aromatic heterocycles. The lowest BCUT2D eigenvalue weighted by atomic mass is 9.86. The first-order valence-electron chi connectivity index (χ1n) is 22.9. The first kappa shape index (κ1) is 40.3. The standard InChI is InChI=1S/C63H43N5/c64-61(45-22-9-3-10-23-45)60(44-20-7-2-8-21-44)62-54-39-48(32-33-49(54)40-55(65-62)42-18-5-1-6-19-42)47-26-17-27-50(38-47)57-41-56(66-63(67-57)46-24-11-4-12-25-46)43-34-36-51(37-35-43)68-58-30-15-13-28-52(58)53-29-14-16-31-59(53)68/h1-41,64-65H/b62-60-,64-61?. The number of fused-ring (bicyclic) bond motifs is 4. The maximum Gasteiger partial charge on any atom is 0.160 e. The molecule has 3 heterocycles. The predicted molar refractivity (Wildman–Crippen MR) is 282 cm³/mol. The minimum absolute atomic E-state index is 0.446. The fourth-order valence-electron chi connectivity index (χ4n) is 9.51. The van der Waals surface area contributed by atoms with Gasteiger partial charge in [0.15, 0.2) is 5.82 Å². The maximum atomic E-state index is 9.74. The summed E-state index contributed by atoms with van der Waals surface area (Å²) in [6.45, 7) is 0. The van der Waals surface area contributed by atoms with Crippen LogP contribution in [0.5, 0.6) is 0 Å². The average Bonchev–Trinajstić information content (AvgIpc) is 3.76. The molecule has 0 aliphatic carbocycles. The monoisotopic (exact) mass is 869 g/mol. The molecule has 1 aliphatic heterocycles. The topological polar surface area (TPSA) is 66.6 Å². The summed E-state index contributed by atoms with van der Waals surface area (Å²) < 4.78 is 2.34. The normalized spacial score (nSPS) is 12.9. The van der Waals surface area contributed by atoms with E-state index in [9.17, 15) is 5.41 Å². The summed E-state index contributed by atoms with van der Waals surface area (Å²) >= 11 is 0. The van der Waals surface area contributed by atoms with Gasteiger partial charge in [-0.05, 0) is 76.4 Å². The second-order valence-electron chi connectivity index (χ2n) is 17.0. The first-order valence-corrected chi connectivity index (χ1v) is 22.9. The van der Waals surface area contributed by atoms with Gasteiger partial charge in [0.05, 0.1) is 33.8 Å². The van der Waals surface area contributed by atoms with Crippen LogP contribution in [0, 0.1) is 5.41 Å². The molecule has 0 saturated heterocycles. The quantitative estimate of drug-likeness (QED) is 0.142. The second-order valence-corrected chi connectivity index (χ2v) is 17.0. The van der Waals surface area contributed by atoms with Gasteiger partial charge in [0, 0.05) is 55.5 Å². The summed E-state index contributed by atoms with van der Waals surface area (Å²) in [5, 5.41) is 16.1. The van der Waals surface area contributed by atoms with Crippen LogP contribution in [-0.4, -0.2) is 20.2 Å². The zero-order valence-corrected chi connectivity index (χ0v) is 37.0. The van der Waals surface area contributed by atoms with Crippen LogP contribution in [0.3, 0.4) is 0 Å². The van der Waals surface area contributed by atoms with E-state index in [1.54, 1.807) is 0 Å². The van der Waals surface area contributed by atoms with Gasteiger partial charge in [-0.25, -0.2) is 9.97 Å². The molecule has 0 unspecified atom stereocenters. The van der Waals surface area contributed by atoms with E-state index in [-0.39, 0.29) is 0 Å². The van der Waals surface area contributed by atoms with Crippen LogP contribution in [-0.2, 0) is 0 Å². The van der Waals surface area contributed by atoms with Crippen LogP contribution in [0.15, 0.2) is 243 Å². The van der Waals surface area contributed by atoms with Gasteiger partial charge < -0.3 is 9.88 Å². The van der Waals surface area contributed by atoms with Crippen molar-refractivity contribution in [3.05, 3.63) is 270 Å². The minimum Gasteiger partial charge on any atom is -0.354 e. The summed E-state index contributed by atoms with van der Waals surface area (Å²) in [7, 11) is 0. The van der Waals surface area contributed by atoms with E-state index >= 15 is 0 Å². The molecule has 5 nitrogen and oxygen atoms in total. The van der Waals surface area contributed by atoms with Gasteiger partial charge in [-0.15, -0.1) is 0 Å². The number of rotatable bonds is 9. The van der Waals surface area contributed by atoms with E-state index in [0.717, 1.165) is 89.7 Å². The van der Waals surface area contributed by atoms with Crippen LogP contribution >= 0.6 is 0 Å². The lowest BCUT2D eigenvalue weighted by Crippen LogP contribution is -2.20. The Morgan fingerprint density at radius 3 is 1.59 bits per heavy atom. The highest BCUT2D eigenvalue weighted by molar-refractivity contribution is 6.36. The number of hydrogen-bond donors (Lipinski definition) is 2. The summed E-state index contributed by atoms with van der Waals surface area (Å²) in [6, 6.07) is 84.2. The number of nitrogens with one attached hydrogen (secondary N) is 2. The number of nitrogens with zero attached hydrogens (tertiary/aromatic N) is 3. The molecule has 68 heavy (non-hydrogen) atoms. The Hall–Kier alpha value is -9.19. The van der Waals surface area contributed by atoms with Crippen LogP contribution in [0.4, 0.5) is 0 Å². The molecule has 0 radical (unpaired) electrons. The molecule has 320 valence electrons. The van der Waals surface area contributed by atoms with Crippen molar-refractivity contribution in [2.24, 2.45) is 0 Å². The molecule has 1 aliphatic rings. The Kier molecular flexibility index (Phi) is 10.3. The van der Waals surface area contributed by atoms with Crippen molar-refractivity contribution in [1.29, 1.82) is 5.41 Å². The smallest absolute Gasteiger partial charge is 0.160 e. The van der Waals surface area contributed by atoms with E-state index in [4.69, 9.17) is 9.97 Å². The van der Waals surface area contributed by atoms with Crippen LogP contribution in [0.1, 0.15) is 27.8 Å². The largest absolute Gasteiger partial charge is 0.354 e. The third kappa shape index (κ3) is 7.48. The summed E-state index contributed by atoms with van der Waals surface area (Å²) in [6.07, 6.45) is 2.21. The Morgan fingerprint density at radius 2 is 0.926 bits per heavy atom. The molecular weight excluding hydrogens is 827 g/mol. The molecule has 0 saturated carbocycles. The van der Waals surface area contributed by atoms with Crippen molar-refractivity contribution in [2.45, 2.75) is 0 Å². The molecule has 2 N–H and O–H groups in total. The summed E-state index contributed by atoms with van der Waals surface area (Å²) in [5.41, 5.74) is 18.3. The molecule has 11 aromatic rings. The highest BCUT2D eigenvalue weighted by atomic mass is 15.0. The van der Waals surface area contributed by atoms with Crippen LogP contribution in [0.25, 0.3) is 95.6 Å². The zero-order chi connectivity index (χ0) is 45.4. The van der Waals surface area contributed by atoms with Gasteiger partial charge in [0.1, 0.15) is 0 Å². The fourth-order valence-corrected chi connectivity index (χ4v) is 9.51. The van der Waals surface area contributed by atoms with Crippen molar-refractivity contribution in [3.63, 3.8) is 0 Å². The van der Waals surface area contributed by atoms with E-state index in [0.29, 0.717) is 11.5 Å². The fraction of sp³-hybridized carbons (Fsp3) is 0. The highest BCUT2D eigenvalue weighted by Crippen LogP contribution is 2.40. The Bertz CT molecular complexity index is 3690. The van der Waals surface area contributed by atoms with Crippen molar-refractivity contribution < 1.29 is 0 Å². The molecule has 0 spiro atoms. The maximum absolute atomic E-state index is 9.74. The SMILES string of the molecule is N=C(/C(=C1\NC(c2ccccc2)=Cc2ccc(-c3cccc(-c4cc(-c5ccc(-n6c7ccccc7c7ccccc76)cc5)nc(-c5ccccc5)n4)c3)cc21)c1ccccc1)c1ccccc1. The molecule has 0 bridgehead atoms. The molecule has 0 amide bonds. The van der Waals surface area contributed by atoms with Gasteiger partial charge in [0.2, 0.25) is 0 Å². The van der Waals surface area contributed by atoms with Gasteiger partial charge in [-0.1, -0.05) is 200 Å². The van der Waals surface area contributed by atoms with Gasteiger partial charge in [-0.2, -0.15) is 0 Å².